The lowest BCUT2D eigenvalue weighted by atomic mass is 10.0. The second kappa shape index (κ2) is 6.33. The topological polar surface area (TPSA) is 78.8 Å². The maximum Gasteiger partial charge on any atom is 0.276 e. The van der Waals surface area contributed by atoms with Crippen LogP contribution in [-0.2, 0) is 10.0 Å². The normalized spacial score (nSPS) is 12.3. The van der Waals surface area contributed by atoms with Crippen LogP contribution in [0.15, 0.2) is 76.7 Å². The number of fused-ring (bicyclic) bond motifs is 1. The van der Waals surface area contributed by atoms with Crippen molar-refractivity contribution in [3.63, 3.8) is 0 Å². The summed E-state index contributed by atoms with van der Waals surface area (Å²) in [4.78, 5) is 2.33. The van der Waals surface area contributed by atoms with Gasteiger partial charge in [-0.25, -0.2) is 0 Å². The third-order valence-electron chi connectivity index (χ3n) is 3.68. The first-order valence-corrected chi connectivity index (χ1v) is 8.79. The van der Waals surface area contributed by atoms with Gasteiger partial charge in [-0.3, -0.25) is 0 Å². The average Bonchev–Trinajstić information content (AvgIpc) is 2.61. The van der Waals surface area contributed by atoms with E-state index in [-0.39, 0.29) is 10.6 Å². The van der Waals surface area contributed by atoms with Crippen LogP contribution in [-0.4, -0.2) is 19.2 Å². The molecule has 6 heteroatoms. The molecule has 0 aliphatic rings. The van der Waals surface area contributed by atoms with Crippen LogP contribution < -0.4 is 4.83 Å². The molecule has 0 unspecified atom stereocenters. The van der Waals surface area contributed by atoms with Crippen LogP contribution in [0.3, 0.4) is 0 Å². The van der Waals surface area contributed by atoms with Crippen LogP contribution in [0.2, 0.25) is 0 Å². The highest BCUT2D eigenvalue weighted by molar-refractivity contribution is 7.89. The second-order valence-electron chi connectivity index (χ2n) is 5.29. The summed E-state index contributed by atoms with van der Waals surface area (Å²) in [5.74, 6) is 0.0771. The largest absolute Gasteiger partial charge is 0.507 e. The van der Waals surface area contributed by atoms with Crippen molar-refractivity contribution in [2.75, 3.05) is 0 Å². The number of sulfonamides is 1. The monoisotopic (exact) mass is 340 g/mol. The van der Waals surface area contributed by atoms with Crippen molar-refractivity contribution in [2.45, 2.75) is 11.8 Å². The Morgan fingerprint density at radius 1 is 0.958 bits per heavy atom. The van der Waals surface area contributed by atoms with Gasteiger partial charge in [-0.1, -0.05) is 48.5 Å². The Morgan fingerprint density at radius 3 is 2.38 bits per heavy atom. The fourth-order valence-electron chi connectivity index (χ4n) is 2.39. The zero-order chi connectivity index (χ0) is 17.2. The average molecular weight is 340 g/mol. The molecule has 0 fully saturated rings. The number of hydrogen-bond acceptors (Lipinski definition) is 4. The zero-order valence-electron chi connectivity index (χ0n) is 13.0. The molecule has 0 heterocycles. The molecular weight excluding hydrogens is 324 g/mol. The Balaban J connectivity index is 1.93. The SMILES string of the molecule is C/C(=N\NS(=O)(=O)c1ccccc1)c1ccc2ccccc2c1O. The number of aromatic hydroxyl groups is 1. The summed E-state index contributed by atoms with van der Waals surface area (Å²) in [5.41, 5.74) is 0.849. The van der Waals surface area contributed by atoms with Crippen LogP contribution in [0.25, 0.3) is 10.8 Å². The minimum absolute atomic E-state index is 0.0771. The van der Waals surface area contributed by atoms with E-state index in [4.69, 9.17) is 0 Å². The van der Waals surface area contributed by atoms with Crippen molar-refractivity contribution in [3.05, 3.63) is 72.3 Å². The fraction of sp³-hybridized carbons (Fsp3) is 0.0556. The smallest absolute Gasteiger partial charge is 0.276 e. The van der Waals surface area contributed by atoms with Gasteiger partial charge >= 0.3 is 0 Å². The van der Waals surface area contributed by atoms with E-state index in [1.807, 2.05) is 24.3 Å². The summed E-state index contributed by atoms with van der Waals surface area (Å²) in [7, 11) is -3.74. The van der Waals surface area contributed by atoms with Crippen molar-refractivity contribution >= 4 is 26.5 Å². The van der Waals surface area contributed by atoms with Gasteiger partial charge in [-0.05, 0) is 30.5 Å². The number of nitrogens with zero attached hydrogens (tertiary/aromatic N) is 1. The lowest BCUT2D eigenvalue weighted by Crippen LogP contribution is -2.19. The van der Waals surface area contributed by atoms with Crippen LogP contribution >= 0.6 is 0 Å². The van der Waals surface area contributed by atoms with Gasteiger partial charge in [0.05, 0.1) is 10.6 Å². The highest BCUT2D eigenvalue weighted by Crippen LogP contribution is 2.28. The molecule has 0 aliphatic heterocycles. The summed E-state index contributed by atoms with van der Waals surface area (Å²) >= 11 is 0. The fourth-order valence-corrected chi connectivity index (χ4v) is 3.27. The third kappa shape index (κ3) is 3.09. The molecule has 2 N–H and O–H groups in total. The van der Waals surface area contributed by atoms with Gasteiger partial charge in [0, 0.05) is 10.9 Å². The molecule has 0 saturated carbocycles. The first kappa shape index (κ1) is 16.0. The molecule has 0 aromatic heterocycles. The van der Waals surface area contributed by atoms with Crippen molar-refractivity contribution in [1.29, 1.82) is 0 Å². The number of rotatable bonds is 4. The first-order valence-electron chi connectivity index (χ1n) is 7.31. The van der Waals surface area contributed by atoms with E-state index in [0.717, 1.165) is 5.39 Å². The van der Waals surface area contributed by atoms with Gasteiger partial charge in [0.2, 0.25) is 0 Å². The Kier molecular flexibility index (Phi) is 4.22. The number of phenols is 1. The number of hydrogen-bond donors (Lipinski definition) is 2. The van der Waals surface area contributed by atoms with Gasteiger partial charge in [-0.15, -0.1) is 0 Å². The molecule has 3 aromatic carbocycles. The van der Waals surface area contributed by atoms with Crippen LogP contribution in [0.4, 0.5) is 0 Å². The van der Waals surface area contributed by atoms with Gasteiger partial charge in [-0.2, -0.15) is 18.4 Å². The van der Waals surface area contributed by atoms with Crippen molar-refractivity contribution in [3.8, 4) is 5.75 Å². The maximum absolute atomic E-state index is 12.2. The Morgan fingerprint density at radius 2 is 1.62 bits per heavy atom. The highest BCUT2D eigenvalue weighted by atomic mass is 32.2. The van der Waals surface area contributed by atoms with Gasteiger partial charge in [0.15, 0.2) is 0 Å². The number of phenolic OH excluding ortho intramolecular Hbond substituents is 1. The molecule has 3 aromatic rings. The zero-order valence-corrected chi connectivity index (χ0v) is 13.8. The molecule has 0 aliphatic carbocycles. The summed E-state index contributed by atoms with van der Waals surface area (Å²) < 4.78 is 24.4. The molecule has 5 nitrogen and oxygen atoms in total. The predicted octanol–water partition coefficient (Wildman–Crippen LogP) is 3.25. The third-order valence-corrected chi connectivity index (χ3v) is 4.90. The Labute approximate surface area is 140 Å². The number of benzene rings is 3. The van der Waals surface area contributed by atoms with E-state index >= 15 is 0 Å². The van der Waals surface area contributed by atoms with E-state index < -0.39 is 10.0 Å². The molecule has 122 valence electrons. The highest BCUT2D eigenvalue weighted by Gasteiger charge is 2.13. The summed E-state index contributed by atoms with van der Waals surface area (Å²) in [6.07, 6.45) is 0. The maximum atomic E-state index is 12.2. The Hall–Kier alpha value is -2.86. The van der Waals surface area contributed by atoms with Crippen molar-refractivity contribution < 1.29 is 13.5 Å². The van der Waals surface area contributed by atoms with E-state index in [1.165, 1.54) is 12.1 Å². The Bertz CT molecular complexity index is 1010. The van der Waals surface area contributed by atoms with Crippen LogP contribution in [0, 0.1) is 0 Å². The molecule has 0 amide bonds. The van der Waals surface area contributed by atoms with Crippen molar-refractivity contribution in [2.24, 2.45) is 5.10 Å². The molecule has 0 radical (unpaired) electrons. The molecule has 0 saturated heterocycles. The van der Waals surface area contributed by atoms with Crippen LogP contribution in [0.5, 0.6) is 5.75 Å². The summed E-state index contributed by atoms with van der Waals surface area (Å²) in [5, 5.41) is 15.9. The number of nitrogens with one attached hydrogen (secondary N) is 1. The molecule has 0 bridgehead atoms. The lowest BCUT2D eigenvalue weighted by Gasteiger charge is -2.09. The van der Waals surface area contributed by atoms with E-state index in [2.05, 4.69) is 9.93 Å². The van der Waals surface area contributed by atoms with E-state index in [9.17, 15) is 13.5 Å². The lowest BCUT2D eigenvalue weighted by molar-refractivity contribution is 0.480. The minimum atomic E-state index is -3.74. The van der Waals surface area contributed by atoms with E-state index in [1.54, 1.807) is 37.3 Å². The second-order valence-corrected chi connectivity index (χ2v) is 6.95. The molecule has 24 heavy (non-hydrogen) atoms. The molecule has 0 spiro atoms. The first-order chi connectivity index (χ1) is 11.5. The quantitative estimate of drug-likeness (QED) is 0.565. The summed E-state index contributed by atoms with van der Waals surface area (Å²) in [6.45, 7) is 1.64. The van der Waals surface area contributed by atoms with Crippen molar-refractivity contribution in [1.82, 2.24) is 4.83 Å². The van der Waals surface area contributed by atoms with Gasteiger partial charge in [0.1, 0.15) is 5.75 Å². The standard InChI is InChI=1S/C18H16N2O3S/c1-13(19-20-24(22,23)15-8-3-2-4-9-15)16-12-11-14-7-5-6-10-17(14)18(16)21/h2-12,20-21H,1H3/b19-13+. The minimum Gasteiger partial charge on any atom is -0.507 e. The predicted molar refractivity (Wildman–Crippen MR) is 94.6 cm³/mol. The van der Waals surface area contributed by atoms with E-state index in [0.29, 0.717) is 16.7 Å². The summed E-state index contributed by atoms with van der Waals surface area (Å²) in [6, 6.07) is 19.0. The number of hydrazone groups is 1. The molecule has 3 rings (SSSR count). The van der Waals surface area contributed by atoms with Gasteiger partial charge in [0.25, 0.3) is 10.0 Å². The molecule has 0 atom stereocenters. The van der Waals surface area contributed by atoms with Gasteiger partial charge < -0.3 is 5.11 Å². The van der Waals surface area contributed by atoms with Crippen LogP contribution in [0.1, 0.15) is 12.5 Å². The molecular formula is C18H16N2O3S.